The Bertz CT molecular complexity index is 1310. The lowest BCUT2D eigenvalue weighted by Gasteiger charge is -2.29. The Morgan fingerprint density at radius 1 is 1.07 bits per heavy atom. The Balaban J connectivity index is 1.82. The average Bonchev–Trinajstić information content (AvgIpc) is 3.04. The van der Waals surface area contributed by atoms with E-state index >= 15 is 0 Å². The van der Waals surface area contributed by atoms with E-state index in [1.54, 1.807) is 44.2 Å². The number of hydrogen-bond donors (Lipinski definition) is 5. The number of hydrogen-bond acceptors (Lipinski definition) is 8. The summed E-state index contributed by atoms with van der Waals surface area (Å²) in [6.45, 7) is 5.22. The van der Waals surface area contributed by atoms with Crippen molar-refractivity contribution in [1.29, 1.82) is 0 Å². The Morgan fingerprint density at radius 2 is 1.78 bits per heavy atom. The highest BCUT2D eigenvalue weighted by atomic mass is 16.5. The van der Waals surface area contributed by atoms with Crippen LogP contribution in [0.4, 0.5) is 5.69 Å². The molecule has 2 bridgehead atoms. The van der Waals surface area contributed by atoms with Gasteiger partial charge in [-0.1, -0.05) is 68.7 Å². The van der Waals surface area contributed by atoms with Gasteiger partial charge in [0.1, 0.15) is 23.6 Å². The number of phenolic OH excluding ortho intramolecular Hbond substituents is 2. The lowest BCUT2D eigenvalue weighted by Crippen LogP contribution is -2.45. The number of phenols is 2. The number of anilines is 1. The van der Waals surface area contributed by atoms with Gasteiger partial charge in [-0.2, -0.15) is 0 Å². The van der Waals surface area contributed by atoms with Crippen molar-refractivity contribution < 1.29 is 39.2 Å². The minimum Gasteiger partial charge on any atom is -0.508 e. The number of aromatic hydroxyl groups is 2. The van der Waals surface area contributed by atoms with Crippen LogP contribution in [-0.2, 0) is 30.3 Å². The van der Waals surface area contributed by atoms with Crippen molar-refractivity contribution in [1.82, 2.24) is 5.32 Å². The third-order valence-corrected chi connectivity index (χ3v) is 8.69. The van der Waals surface area contributed by atoms with Crippen LogP contribution in [0.3, 0.4) is 0 Å². The molecule has 2 amide bonds. The number of allylic oxidation sites excluding steroid dienone is 5. The standard InChI is InChI=1S/C36H50N2O8/c1-23-14-13-17-27-20-28(39)21-30(34(27)42)38-32(40)22-29(45-4)18-11-6-5-7-12-19-31(24(2)33(23)41)46-36(44)25(3)37-35(43)26-15-9-8-10-16-26/h5-7,11-12,14,18,20-21,24-26,29,31,33,39,41-42H,8-10,13,15-17,19,22H2,1-4H3,(H,37,43)(H,38,40)/b6-5-,12-7-,18-11-,23-14-/t24-,25-,29+,31+,33+/m1/s1. The minimum atomic E-state index is -0.940. The summed E-state index contributed by atoms with van der Waals surface area (Å²) < 4.78 is 11.3. The van der Waals surface area contributed by atoms with Gasteiger partial charge >= 0.3 is 5.97 Å². The number of fused-ring (bicyclic) bond motifs is 2. The van der Waals surface area contributed by atoms with Gasteiger partial charge in [-0.15, -0.1) is 0 Å². The summed E-state index contributed by atoms with van der Waals surface area (Å²) in [6, 6.07) is 1.89. The molecule has 2 aliphatic rings. The van der Waals surface area contributed by atoms with Crippen LogP contribution in [0.25, 0.3) is 0 Å². The number of aryl methyl sites for hydroxylation is 1. The number of rotatable bonds is 5. The fourth-order valence-corrected chi connectivity index (χ4v) is 5.76. The molecule has 1 aromatic carbocycles. The predicted molar refractivity (Wildman–Crippen MR) is 177 cm³/mol. The summed E-state index contributed by atoms with van der Waals surface area (Å²) in [5, 5.41) is 37.8. The first-order valence-electron chi connectivity index (χ1n) is 16.2. The second-order valence-corrected chi connectivity index (χ2v) is 12.3. The van der Waals surface area contributed by atoms with Gasteiger partial charge in [0.2, 0.25) is 11.8 Å². The Morgan fingerprint density at radius 3 is 2.50 bits per heavy atom. The van der Waals surface area contributed by atoms with Gasteiger partial charge in [0.15, 0.2) is 0 Å². The zero-order chi connectivity index (χ0) is 33.6. The van der Waals surface area contributed by atoms with E-state index < -0.39 is 42.1 Å². The van der Waals surface area contributed by atoms with Crippen LogP contribution in [0.15, 0.2) is 60.2 Å². The summed E-state index contributed by atoms with van der Waals surface area (Å²) in [6.07, 6.45) is 16.2. The summed E-state index contributed by atoms with van der Waals surface area (Å²) in [5.74, 6) is -1.90. The van der Waals surface area contributed by atoms with Crippen molar-refractivity contribution in [3.05, 3.63) is 65.8 Å². The topological polar surface area (TPSA) is 154 Å². The Hall–Kier alpha value is -3.89. The van der Waals surface area contributed by atoms with Gasteiger partial charge < -0.3 is 35.4 Å². The highest BCUT2D eigenvalue weighted by Gasteiger charge is 2.31. The maximum absolute atomic E-state index is 13.1. The lowest BCUT2D eigenvalue weighted by atomic mass is 9.88. The monoisotopic (exact) mass is 638 g/mol. The van der Waals surface area contributed by atoms with Crippen LogP contribution in [0.1, 0.15) is 77.7 Å². The van der Waals surface area contributed by atoms with E-state index in [-0.39, 0.29) is 35.4 Å². The van der Waals surface area contributed by atoms with Crippen molar-refractivity contribution in [2.45, 2.75) is 103 Å². The first-order chi connectivity index (χ1) is 22.0. The number of methoxy groups -OCH3 is 1. The molecule has 1 saturated carbocycles. The van der Waals surface area contributed by atoms with Crippen LogP contribution in [0, 0.1) is 11.8 Å². The molecule has 46 heavy (non-hydrogen) atoms. The molecule has 0 spiro atoms. The molecule has 1 fully saturated rings. The van der Waals surface area contributed by atoms with Crippen LogP contribution in [-0.4, -0.2) is 64.6 Å². The normalized spacial score (nSPS) is 27.8. The second-order valence-electron chi connectivity index (χ2n) is 12.3. The maximum Gasteiger partial charge on any atom is 0.328 e. The molecule has 0 unspecified atom stereocenters. The number of aliphatic hydroxyl groups is 1. The van der Waals surface area contributed by atoms with Crippen molar-refractivity contribution in [3.8, 4) is 11.5 Å². The van der Waals surface area contributed by atoms with Crippen LogP contribution >= 0.6 is 0 Å². The molecule has 1 heterocycles. The highest BCUT2D eigenvalue weighted by molar-refractivity contribution is 5.93. The van der Waals surface area contributed by atoms with Crippen LogP contribution < -0.4 is 10.6 Å². The third-order valence-electron chi connectivity index (χ3n) is 8.69. The van der Waals surface area contributed by atoms with E-state index in [1.807, 2.05) is 19.1 Å². The molecule has 0 aromatic heterocycles. The van der Waals surface area contributed by atoms with E-state index in [1.165, 1.54) is 19.2 Å². The van der Waals surface area contributed by atoms with E-state index in [9.17, 15) is 29.7 Å². The molecule has 252 valence electrons. The molecular formula is C36H50N2O8. The molecular weight excluding hydrogens is 588 g/mol. The number of carbonyl (C=O) groups excluding carboxylic acids is 3. The number of aliphatic hydroxyl groups excluding tert-OH is 1. The number of amides is 2. The highest BCUT2D eigenvalue weighted by Crippen LogP contribution is 2.34. The predicted octanol–water partition coefficient (Wildman–Crippen LogP) is 5.39. The van der Waals surface area contributed by atoms with Crippen molar-refractivity contribution >= 4 is 23.5 Å². The summed E-state index contributed by atoms with van der Waals surface area (Å²) in [4.78, 5) is 38.6. The quantitative estimate of drug-likeness (QED) is 0.125. The van der Waals surface area contributed by atoms with Gasteiger partial charge in [0.25, 0.3) is 0 Å². The van der Waals surface area contributed by atoms with Crippen molar-refractivity contribution in [2.75, 3.05) is 12.4 Å². The fourth-order valence-electron chi connectivity index (χ4n) is 5.76. The average molecular weight is 639 g/mol. The van der Waals surface area contributed by atoms with E-state index in [0.29, 0.717) is 30.4 Å². The van der Waals surface area contributed by atoms with Crippen LogP contribution in [0.2, 0.25) is 0 Å². The molecule has 0 radical (unpaired) electrons. The number of ether oxygens (including phenoxy) is 2. The van der Waals surface area contributed by atoms with E-state index in [4.69, 9.17) is 9.47 Å². The number of esters is 1. The first-order valence-corrected chi connectivity index (χ1v) is 16.2. The van der Waals surface area contributed by atoms with Crippen molar-refractivity contribution in [3.63, 3.8) is 0 Å². The summed E-state index contributed by atoms with van der Waals surface area (Å²) >= 11 is 0. The Kier molecular flexibility index (Phi) is 14.6. The molecule has 10 nitrogen and oxygen atoms in total. The zero-order valence-electron chi connectivity index (χ0n) is 27.4. The molecule has 0 saturated heterocycles. The van der Waals surface area contributed by atoms with Gasteiger partial charge in [0.05, 0.1) is 24.3 Å². The van der Waals surface area contributed by atoms with Gasteiger partial charge in [-0.05, 0) is 56.7 Å². The summed E-state index contributed by atoms with van der Waals surface area (Å²) in [5.41, 5.74) is 1.19. The van der Waals surface area contributed by atoms with E-state index in [2.05, 4.69) is 10.6 Å². The third kappa shape index (κ3) is 11.2. The summed E-state index contributed by atoms with van der Waals surface area (Å²) in [7, 11) is 1.49. The number of nitrogens with one attached hydrogen (secondary N) is 2. The molecule has 10 heteroatoms. The lowest BCUT2D eigenvalue weighted by molar-refractivity contribution is -0.156. The molecule has 3 rings (SSSR count). The molecule has 5 N–H and O–H groups in total. The molecule has 1 aromatic rings. The Labute approximate surface area is 272 Å². The van der Waals surface area contributed by atoms with Crippen molar-refractivity contribution in [2.24, 2.45) is 11.8 Å². The minimum absolute atomic E-state index is 0.00853. The fraction of sp³-hybridized carbons (Fsp3) is 0.528. The van der Waals surface area contributed by atoms with Gasteiger partial charge in [-0.3, -0.25) is 9.59 Å². The molecule has 1 aliphatic carbocycles. The zero-order valence-corrected chi connectivity index (χ0v) is 27.4. The van der Waals surface area contributed by atoms with Gasteiger partial charge in [-0.25, -0.2) is 4.79 Å². The number of benzene rings is 1. The number of carbonyl (C=O) groups is 3. The largest absolute Gasteiger partial charge is 0.508 e. The smallest absolute Gasteiger partial charge is 0.328 e. The van der Waals surface area contributed by atoms with Gasteiger partial charge in [0, 0.05) is 31.4 Å². The second kappa shape index (κ2) is 18.3. The molecule has 5 atom stereocenters. The SMILES string of the molecule is CO[C@H]1\C=C/C=C\C=C/C[C@H](OC(=O)[C@@H](C)NC(=O)C2CCCCC2)[C@@H](C)[C@@H](O)/C(C)=C\CCc2cc(O)cc(c2O)NC(=O)C1. The maximum atomic E-state index is 13.1. The molecule has 1 aliphatic heterocycles. The van der Waals surface area contributed by atoms with Crippen LogP contribution in [0.5, 0.6) is 11.5 Å². The first kappa shape index (κ1) is 36.6. The van der Waals surface area contributed by atoms with E-state index in [0.717, 1.165) is 32.1 Å².